The maximum absolute atomic E-state index is 11.9. The fourth-order valence-electron chi connectivity index (χ4n) is 2.19. The van der Waals surface area contributed by atoms with Crippen LogP contribution in [0.5, 0.6) is 11.8 Å². The zero-order valence-corrected chi connectivity index (χ0v) is 12.4. The molecule has 0 saturated carbocycles. The third kappa shape index (κ3) is 4.56. The molecule has 0 bridgehead atoms. The zero-order valence-electron chi connectivity index (χ0n) is 12.4. The Morgan fingerprint density at radius 1 is 1.38 bits per heavy atom. The van der Waals surface area contributed by atoms with E-state index < -0.39 is 0 Å². The van der Waals surface area contributed by atoms with Gasteiger partial charge in [0.25, 0.3) is 0 Å². The van der Waals surface area contributed by atoms with E-state index in [-0.39, 0.29) is 18.6 Å². The number of amides is 1. The molecule has 7 nitrogen and oxygen atoms in total. The van der Waals surface area contributed by atoms with Crippen LogP contribution in [0.2, 0.25) is 0 Å². The standard InChI is InChI=1S/C14H21N3O4/c1-3-20-10-14(18)17-8-4-5-11(9-17)21-13-7-6-12(19-2)15-16-13/h6-7,11H,3-5,8-10H2,1-2H3. The van der Waals surface area contributed by atoms with Gasteiger partial charge in [-0.3, -0.25) is 4.79 Å². The van der Waals surface area contributed by atoms with Gasteiger partial charge in [0.05, 0.1) is 13.7 Å². The van der Waals surface area contributed by atoms with Crippen molar-refractivity contribution in [3.63, 3.8) is 0 Å². The summed E-state index contributed by atoms with van der Waals surface area (Å²) in [6.07, 6.45) is 1.74. The molecule has 2 rings (SSSR count). The first-order valence-corrected chi connectivity index (χ1v) is 7.12. The third-order valence-electron chi connectivity index (χ3n) is 3.27. The van der Waals surface area contributed by atoms with Gasteiger partial charge in [-0.25, -0.2) is 0 Å². The van der Waals surface area contributed by atoms with Crippen LogP contribution in [0.4, 0.5) is 0 Å². The molecule has 1 aliphatic heterocycles. The average molecular weight is 295 g/mol. The van der Waals surface area contributed by atoms with Gasteiger partial charge in [0.2, 0.25) is 17.7 Å². The van der Waals surface area contributed by atoms with Crippen LogP contribution in [0, 0.1) is 0 Å². The summed E-state index contributed by atoms with van der Waals surface area (Å²) < 4.78 is 15.9. The van der Waals surface area contributed by atoms with Crippen molar-refractivity contribution in [2.24, 2.45) is 0 Å². The lowest BCUT2D eigenvalue weighted by molar-refractivity contribution is -0.138. The summed E-state index contributed by atoms with van der Waals surface area (Å²) in [5.74, 6) is 0.894. The Kier molecular flexibility index (Phi) is 5.74. The van der Waals surface area contributed by atoms with Crippen molar-refractivity contribution < 1.29 is 19.0 Å². The maximum atomic E-state index is 11.9. The quantitative estimate of drug-likeness (QED) is 0.776. The molecule has 116 valence electrons. The summed E-state index contributed by atoms with van der Waals surface area (Å²) in [7, 11) is 1.54. The van der Waals surface area contributed by atoms with E-state index in [9.17, 15) is 4.79 Å². The summed E-state index contributed by atoms with van der Waals surface area (Å²) in [6, 6.07) is 3.41. The predicted molar refractivity (Wildman–Crippen MR) is 75.3 cm³/mol. The highest BCUT2D eigenvalue weighted by atomic mass is 16.5. The smallest absolute Gasteiger partial charge is 0.248 e. The number of rotatable bonds is 6. The number of nitrogens with zero attached hydrogens (tertiary/aromatic N) is 3. The minimum absolute atomic E-state index is 0.00552. The van der Waals surface area contributed by atoms with Gasteiger partial charge >= 0.3 is 0 Å². The highest BCUT2D eigenvalue weighted by Crippen LogP contribution is 2.17. The van der Waals surface area contributed by atoms with Crippen LogP contribution in [0.15, 0.2) is 12.1 Å². The van der Waals surface area contributed by atoms with E-state index in [0.29, 0.717) is 24.9 Å². The van der Waals surface area contributed by atoms with Gasteiger partial charge in [-0.1, -0.05) is 0 Å². The summed E-state index contributed by atoms with van der Waals surface area (Å²) in [5.41, 5.74) is 0. The summed E-state index contributed by atoms with van der Waals surface area (Å²) in [4.78, 5) is 13.7. The molecular weight excluding hydrogens is 274 g/mol. The fourth-order valence-corrected chi connectivity index (χ4v) is 2.19. The molecule has 0 spiro atoms. The van der Waals surface area contributed by atoms with Gasteiger partial charge in [-0.15, -0.1) is 10.2 Å². The van der Waals surface area contributed by atoms with E-state index in [4.69, 9.17) is 14.2 Å². The van der Waals surface area contributed by atoms with Gasteiger partial charge in [-0.2, -0.15) is 0 Å². The molecule has 0 N–H and O–H groups in total. The van der Waals surface area contributed by atoms with Crippen LogP contribution >= 0.6 is 0 Å². The highest BCUT2D eigenvalue weighted by molar-refractivity contribution is 5.77. The monoisotopic (exact) mass is 295 g/mol. The van der Waals surface area contributed by atoms with E-state index >= 15 is 0 Å². The molecule has 1 aromatic rings. The van der Waals surface area contributed by atoms with Crippen molar-refractivity contribution in [1.82, 2.24) is 15.1 Å². The highest BCUT2D eigenvalue weighted by Gasteiger charge is 2.25. The van der Waals surface area contributed by atoms with E-state index in [1.807, 2.05) is 6.92 Å². The summed E-state index contributed by atoms with van der Waals surface area (Å²) in [5, 5.41) is 7.80. The zero-order chi connectivity index (χ0) is 15.1. The molecule has 0 aliphatic carbocycles. The number of methoxy groups -OCH3 is 1. The number of aromatic nitrogens is 2. The molecular formula is C14H21N3O4. The second-order valence-electron chi connectivity index (χ2n) is 4.77. The van der Waals surface area contributed by atoms with E-state index in [1.54, 1.807) is 17.0 Å². The van der Waals surface area contributed by atoms with Crippen LogP contribution in [-0.4, -0.2) is 60.5 Å². The Bertz CT molecular complexity index is 452. The minimum atomic E-state index is -0.0629. The molecule has 0 aromatic carbocycles. The number of hydrogen-bond donors (Lipinski definition) is 0. The number of piperidine rings is 1. The van der Waals surface area contributed by atoms with Crippen molar-refractivity contribution in [3.8, 4) is 11.8 Å². The molecule has 0 radical (unpaired) electrons. The van der Waals surface area contributed by atoms with E-state index in [2.05, 4.69) is 10.2 Å². The van der Waals surface area contributed by atoms with Gasteiger partial charge < -0.3 is 19.1 Å². The Morgan fingerprint density at radius 2 is 2.14 bits per heavy atom. The molecule has 2 heterocycles. The minimum Gasteiger partial charge on any atom is -0.480 e. The number of hydrogen-bond acceptors (Lipinski definition) is 6. The summed E-state index contributed by atoms with van der Waals surface area (Å²) in [6.45, 7) is 3.85. The second kappa shape index (κ2) is 7.78. The first kappa shape index (κ1) is 15.5. The number of carbonyl (C=O) groups is 1. The lowest BCUT2D eigenvalue weighted by Crippen LogP contribution is -2.45. The lowest BCUT2D eigenvalue weighted by atomic mass is 10.1. The van der Waals surface area contributed by atoms with Crippen molar-refractivity contribution in [2.45, 2.75) is 25.9 Å². The van der Waals surface area contributed by atoms with Crippen LogP contribution in [-0.2, 0) is 9.53 Å². The van der Waals surface area contributed by atoms with E-state index in [1.165, 1.54) is 7.11 Å². The van der Waals surface area contributed by atoms with Gasteiger partial charge in [0, 0.05) is 25.3 Å². The SMILES string of the molecule is CCOCC(=O)N1CCCC(Oc2ccc(OC)nn2)C1. The van der Waals surface area contributed by atoms with Crippen LogP contribution in [0.3, 0.4) is 0 Å². The van der Waals surface area contributed by atoms with Crippen LogP contribution in [0.25, 0.3) is 0 Å². The second-order valence-corrected chi connectivity index (χ2v) is 4.77. The number of carbonyl (C=O) groups excluding carboxylic acids is 1. The fraction of sp³-hybridized carbons (Fsp3) is 0.643. The molecule has 21 heavy (non-hydrogen) atoms. The normalized spacial score (nSPS) is 18.4. The van der Waals surface area contributed by atoms with Crippen LogP contribution < -0.4 is 9.47 Å². The van der Waals surface area contributed by atoms with Crippen molar-refractivity contribution in [1.29, 1.82) is 0 Å². The maximum Gasteiger partial charge on any atom is 0.248 e. The molecule has 1 aliphatic rings. The summed E-state index contributed by atoms with van der Waals surface area (Å²) >= 11 is 0. The Labute approximate surface area is 124 Å². The van der Waals surface area contributed by atoms with Gasteiger partial charge in [-0.05, 0) is 19.8 Å². The number of ether oxygens (including phenoxy) is 3. The molecule has 1 fully saturated rings. The average Bonchev–Trinajstić information content (AvgIpc) is 2.53. The lowest BCUT2D eigenvalue weighted by Gasteiger charge is -2.32. The van der Waals surface area contributed by atoms with E-state index in [0.717, 1.165) is 19.4 Å². The Morgan fingerprint density at radius 3 is 2.81 bits per heavy atom. The largest absolute Gasteiger partial charge is 0.480 e. The molecule has 1 unspecified atom stereocenters. The molecule has 1 saturated heterocycles. The molecule has 1 aromatic heterocycles. The first-order valence-electron chi connectivity index (χ1n) is 7.12. The topological polar surface area (TPSA) is 73.8 Å². The van der Waals surface area contributed by atoms with Crippen molar-refractivity contribution in [2.75, 3.05) is 33.4 Å². The molecule has 1 atom stereocenters. The van der Waals surface area contributed by atoms with Crippen molar-refractivity contribution in [3.05, 3.63) is 12.1 Å². The van der Waals surface area contributed by atoms with Crippen LogP contribution in [0.1, 0.15) is 19.8 Å². The Balaban J connectivity index is 1.86. The number of likely N-dealkylation sites (tertiary alicyclic amines) is 1. The Hall–Kier alpha value is -1.89. The third-order valence-corrected chi connectivity index (χ3v) is 3.27. The van der Waals surface area contributed by atoms with Gasteiger partial charge in [0.15, 0.2) is 0 Å². The van der Waals surface area contributed by atoms with Gasteiger partial charge in [0.1, 0.15) is 12.7 Å². The predicted octanol–water partition coefficient (Wildman–Crippen LogP) is 0.892. The molecule has 7 heteroatoms. The first-order chi connectivity index (χ1) is 10.2. The molecule has 1 amide bonds. The van der Waals surface area contributed by atoms with Crippen molar-refractivity contribution >= 4 is 5.91 Å².